The second kappa shape index (κ2) is 16.7. The first-order valence-electron chi connectivity index (χ1n) is 20.5. The van der Waals surface area contributed by atoms with Gasteiger partial charge in [0.25, 0.3) is 5.91 Å². The number of carbonyl (C=O) groups excluding carboxylic acids is 3. The number of rotatable bonds is 11. The molecule has 66 heavy (non-hydrogen) atoms. The summed E-state index contributed by atoms with van der Waals surface area (Å²) in [6, 6.07) is 36.5. The Morgan fingerprint density at radius 3 is 1.71 bits per heavy atom. The van der Waals surface area contributed by atoms with Gasteiger partial charge in [-0.3, -0.25) is 14.4 Å². The summed E-state index contributed by atoms with van der Waals surface area (Å²) in [4.78, 5) is 48.9. The summed E-state index contributed by atoms with van der Waals surface area (Å²) in [5.41, 5.74) is 7.25. The number of Topliss-reactive ketones (excluding diaryl/α,β-unsaturated/α-hetero) is 1. The summed E-state index contributed by atoms with van der Waals surface area (Å²) in [6.07, 6.45) is 9.72. The SMILES string of the molecule is CC(=O)c1ccc(C(=O)Nc2ccc(-c3nc4ccc(-n5cccn5)cc4n3O)cc2)cc1-c1cc(F)ccc1/C=C/C(=O)Nc1ccc(-c2nc3ccc(-n4cccn4)cc3n2O)cc1. The number of benzene rings is 6. The Morgan fingerprint density at radius 2 is 1.18 bits per heavy atom. The van der Waals surface area contributed by atoms with Crippen LogP contribution in [0.15, 0.2) is 164 Å². The highest BCUT2D eigenvalue weighted by Crippen LogP contribution is 2.32. The molecule has 0 atom stereocenters. The summed E-state index contributed by atoms with van der Waals surface area (Å²) in [5.74, 6) is -1.25. The molecule has 0 fully saturated rings. The van der Waals surface area contributed by atoms with Crippen molar-refractivity contribution in [2.24, 2.45) is 0 Å². The molecule has 4 aromatic heterocycles. The molecule has 4 N–H and O–H groups in total. The van der Waals surface area contributed by atoms with Gasteiger partial charge in [0.2, 0.25) is 5.91 Å². The molecule has 0 spiro atoms. The quantitative estimate of drug-likeness (QED) is 0.0558. The van der Waals surface area contributed by atoms with Gasteiger partial charge in [-0.15, -0.1) is 0 Å². The molecule has 0 radical (unpaired) electrons. The largest absolute Gasteiger partial charge is 0.426 e. The van der Waals surface area contributed by atoms with E-state index in [0.29, 0.717) is 72.9 Å². The molecule has 322 valence electrons. The lowest BCUT2D eigenvalue weighted by Crippen LogP contribution is -2.13. The Hall–Kier alpha value is -9.44. The third-order valence-corrected chi connectivity index (χ3v) is 11.0. The second-order valence-corrected chi connectivity index (χ2v) is 15.2. The minimum absolute atomic E-state index is 0.195. The number of hydrogen-bond donors (Lipinski definition) is 4. The fourth-order valence-corrected chi connectivity index (χ4v) is 7.69. The fourth-order valence-electron chi connectivity index (χ4n) is 7.69. The summed E-state index contributed by atoms with van der Waals surface area (Å²) in [7, 11) is 0. The molecule has 2 amide bonds. The van der Waals surface area contributed by atoms with Crippen LogP contribution >= 0.6 is 0 Å². The topological polar surface area (TPSA) is 187 Å². The van der Waals surface area contributed by atoms with Gasteiger partial charge in [-0.25, -0.2) is 23.7 Å². The average molecular weight is 875 g/mol. The number of fused-ring (bicyclic) bond motifs is 2. The van der Waals surface area contributed by atoms with Crippen LogP contribution in [0.5, 0.6) is 0 Å². The number of nitrogens with zero attached hydrogens (tertiary/aromatic N) is 8. The van der Waals surface area contributed by atoms with Gasteiger partial charge in [-0.05, 0) is 151 Å². The minimum Gasteiger partial charge on any atom is -0.426 e. The molecule has 0 aliphatic carbocycles. The average Bonchev–Trinajstić information content (AvgIpc) is 4.18. The Labute approximate surface area is 373 Å². The maximum atomic E-state index is 14.9. The summed E-state index contributed by atoms with van der Waals surface area (Å²) < 4.78 is 20.3. The summed E-state index contributed by atoms with van der Waals surface area (Å²) >= 11 is 0. The number of ketones is 1. The van der Waals surface area contributed by atoms with Gasteiger partial charge in [0.1, 0.15) is 16.9 Å². The molecule has 0 bridgehead atoms. The molecular formula is C50H35FN10O5. The normalized spacial score (nSPS) is 11.4. The molecule has 6 aromatic carbocycles. The van der Waals surface area contributed by atoms with Crippen molar-refractivity contribution in [2.75, 3.05) is 10.6 Å². The molecule has 4 heterocycles. The van der Waals surface area contributed by atoms with Crippen molar-refractivity contribution in [2.45, 2.75) is 6.92 Å². The van der Waals surface area contributed by atoms with Crippen LogP contribution < -0.4 is 10.6 Å². The first kappa shape index (κ1) is 40.6. The van der Waals surface area contributed by atoms with Crippen LogP contribution in [0.4, 0.5) is 15.8 Å². The zero-order chi connectivity index (χ0) is 45.5. The Kier molecular flexibility index (Phi) is 10.3. The number of anilines is 2. The van der Waals surface area contributed by atoms with E-state index in [1.807, 2.05) is 12.1 Å². The highest BCUT2D eigenvalue weighted by molar-refractivity contribution is 6.09. The van der Waals surface area contributed by atoms with Crippen LogP contribution in [-0.4, -0.2) is 67.0 Å². The smallest absolute Gasteiger partial charge is 0.255 e. The maximum Gasteiger partial charge on any atom is 0.255 e. The number of aromatic nitrogens is 8. The zero-order valence-corrected chi connectivity index (χ0v) is 34.7. The fraction of sp³-hybridized carbons (Fsp3) is 0.0200. The number of imidazole rings is 2. The van der Waals surface area contributed by atoms with E-state index in [9.17, 15) is 29.2 Å². The Morgan fingerprint density at radius 1 is 0.621 bits per heavy atom. The molecule has 10 rings (SSSR count). The van der Waals surface area contributed by atoms with Gasteiger partial charge < -0.3 is 21.0 Å². The second-order valence-electron chi connectivity index (χ2n) is 15.2. The molecule has 15 nitrogen and oxygen atoms in total. The van der Waals surface area contributed by atoms with Crippen molar-refractivity contribution < 1.29 is 29.2 Å². The van der Waals surface area contributed by atoms with Crippen molar-refractivity contribution in [3.63, 3.8) is 0 Å². The molecule has 0 aliphatic heterocycles. The van der Waals surface area contributed by atoms with E-state index in [1.165, 1.54) is 55.5 Å². The number of amides is 2. The molecular weight excluding hydrogens is 840 g/mol. The minimum atomic E-state index is -0.583. The van der Waals surface area contributed by atoms with Crippen LogP contribution in [0.2, 0.25) is 0 Å². The third kappa shape index (κ3) is 7.81. The molecule has 0 saturated carbocycles. The number of nitrogens with one attached hydrogen (secondary N) is 2. The van der Waals surface area contributed by atoms with Gasteiger partial charge in [0, 0.05) is 64.5 Å². The summed E-state index contributed by atoms with van der Waals surface area (Å²) in [6.45, 7) is 1.38. The van der Waals surface area contributed by atoms with Crippen molar-refractivity contribution >= 4 is 57.1 Å². The van der Waals surface area contributed by atoms with Gasteiger partial charge in [-0.1, -0.05) is 12.1 Å². The first-order valence-corrected chi connectivity index (χ1v) is 20.5. The number of carbonyl (C=O) groups is 3. The molecule has 0 aliphatic rings. The first-order chi connectivity index (χ1) is 32.1. The van der Waals surface area contributed by atoms with E-state index < -0.39 is 17.6 Å². The van der Waals surface area contributed by atoms with Crippen molar-refractivity contribution in [3.05, 3.63) is 187 Å². The van der Waals surface area contributed by atoms with E-state index in [1.54, 1.807) is 119 Å². The van der Waals surface area contributed by atoms with Crippen LogP contribution in [0.1, 0.15) is 33.2 Å². The molecule has 10 aromatic rings. The van der Waals surface area contributed by atoms with Crippen molar-refractivity contribution in [3.8, 4) is 45.3 Å². The van der Waals surface area contributed by atoms with E-state index in [0.717, 1.165) is 20.8 Å². The highest BCUT2D eigenvalue weighted by atomic mass is 19.1. The number of hydrogen-bond acceptors (Lipinski definition) is 9. The standard InChI is InChI=1S/C50H35FN10O5/c1-30(62)40-18-9-34(50(64)55-37-14-7-33(8-15-37)49-57-44-20-17-39(29-46(44)61(49)66)59-25-3-23-53-59)26-42(40)41-27-35(51)11-4-31(41)10-21-47(63)54-36-12-5-32(6-13-36)48-56-43-19-16-38(28-45(43)60(48)65)58-24-2-22-52-58/h2-29,65-66H,1H3,(H,54,63)(H,55,64)/b21-10+. The van der Waals surface area contributed by atoms with E-state index >= 15 is 0 Å². The lowest BCUT2D eigenvalue weighted by molar-refractivity contribution is -0.111. The van der Waals surface area contributed by atoms with Crippen LogP contribution in [0.25, 0.3) is 73.4 Å². The predicted molar refractivity (Wildman–Crippen MR) is 246 cm³/mol. The van der Waals surface area contributed by atoms with Crippen LogP contribution in [0.3, 0.4) is 0 Å². The highest BCUT2D eigenvalue weighted by Gasteiger charge is 2.19. The van der Waals surface area contributed by atoms with E-state index in [-0.39, 0.29) is 16.9 Å². The van der Waals surface area contributed by atoms with Gasteiger partial charge in [-0.2, -0.15) is 19.7 Å². The van der Waals surface area contributed by atoms with Crippen molar-refractivity contribution in [1.29, 1.82) is 0 Å². The van der Waals surface area contributed by atoms with E-state index in [2.05, 4.69) is 30.8 Å². The Balaban J connectivity index is 0.846. The van der Waals surface area contributed by atoms with Gasteiger partial charge in [0.15, 0.2) is 17.4 Å². The van der Waals surface area contributed by atoms with Crippen LogP contribution in [-0.2, 0) is 4.79 Å². The predicted octanol–water partition coefficient (Wildman–Crippen LogP) is 9.48. The lowest BCUT2D eigenvalue weighted by Gasteiger charge is -2.14. The third-order valence-electron chi connectivity index (χ3n) is 11.0. The monoisotopic (exact) mass is 874 g/mol. The van der Waals surface area contributed by atoms with E-state index in [4.69, 9.17) is 0 Å². The van der Waals surface area contributed by atoms with Crippen molar-refractivity contribution in [1.82, 2.24) is 39.0 Å². The van der Waals surface area contributed by atoms with Crippen LogP contribution in [0, 0.1) is 5.82 Å². The molecule has 16 heteroatoms. The number of halogens is 1. The Bertz CT molecular complexity index is 3520. The lowest BCUT2D eigenvalue weighted by atomic mass is 9.91. The summed E-state index contributed by atoms with van der Waals surface area (Å²) in [5, 5.41) is 36.2. The maximum absolute atomic E-state index is 14.9. The van der Waals surface area contributed by atoms with Gasteiger partial charge >= 0.3 is 0 Å². The molecule has 0 saturated heterocycles. The van der Waals surface area contributed by atoms with Gasteiger partial charge in [0.05, 0.1) is 22.4 Å². The zero-order valence-electron chi connectivity index (χ0n) is 34.7. The molecule has 0 unspecified atom stereocenters.